The van der Waals surface area contributed by atoms with Crippen molar-refractivity contribution in [3.05, 3.63) is 30.2 Å². The Morgan fingerprint density at radius 2 is 2.42 bits per heavy atom. The molecule has 6 heteroatoms. The molecule has 0 bridgehead atoms. The summed E-state index contributed by atoms with van der Waals surface area (Å²) in [6.45, 7) is 1.04. The van der Waals surface area contributed by atoms with E-state index in [0.29, 0.717) is 19.5 Å². The number of carbonyl (C=O) groups excluding carboxylic acids is 2. The number of primary amides is 1. The second-order valence-electron chi connectivity index (χ2n) is 4.76. The maximum atomic E-state index is 12.0. The highest BCUT2D eigenvalue weighted by atomic mass is 16.2. The molecule has 3 rings (SSSR count). The van der Waals surface area contributed by atoms with E-state index >= 15 is 0 Å². The van der Waals surface area contributed by atoms with Crippen molar-refractivity contribution in [3.63, 3.8) is 0 Å². The molecule has 0 aliphatic carbocycles. The minimum Gasteiger partial charge on any atom is -0.369 e. The summed E-state index contributed by atoms with van der Waals surface area (Å²) in [4.78, 5) is 32.0. The van der Waals surface area contributed by atoms with Gasteiger partial charge in [0.2, 0.25) is 11.8 Å². The van der Waals surface area contributed by atoms with Crippen LogP contribution in [0.5, 0.6) is 0 Å². The van der Waals surface area contributed by atoms with E-state index in [1.807, 2.05) is 12.1 Å². The van der Waals surface area contributed by atoms with Crippen LogP contribution in [0.3, 0.4) is 0 Å². The zero-order chi connectivity index (χ0) is 13.4. The number of aromatic nitrogens is 2. The number of carbonyl (C=O) groups is 2. The summed E-state index contributed by atoms with van der Waals surface area (Å²) < 4.78 is 0. The lowest BCUT2D eigenvalue weighted by Crippen LogP contribution is -2.33. The number of amides is 2. The molecule has 0 aromatic carbocycles. The lowest BCUT2D eigenvalue weighted by molar-refractivity contribution is -0.136. The van der Waals surface area contributed by atoms with Crippen LogP contribution in [0.15, 0.2) is 24.5 Å². The van der Waals surface area contributed by atoms with Crippen LogP contribution >= 0.6 is 0 Å². The molecular formula is C13H14N4O2. The van der Waals surface area contributed by atoms with Gasteiger partial charge in [0.25, 0.3) is 0 Å². The number of H-pyrrole nitrogens is 1. The number of fused-ring (bicyclic) bond motifs is 1. The number of likely N-dealkylation sites (tertiary alicyclic amines) is 1. The van der Waals surface area contributed by atoms with Crippen LogP contribution < -0.4 is 5.73 Å². The van der Waals surface area contributed by atoms with Crippen molar-refractivity contribution in [2.45, 2.75) is 13.0 Å². The molecular weight excluding hydrogens is 244 g/mol. The molecule has 3 N–H and O–H groups in total. The van der Waals surface area contributed by atoms with Crippen molar-refractivity contribution in [3.8, 4) is 0 Å². The van der Waals surface area contributed by atoms with Crippen molar-refractivity contribution < 1.29 is 9.59 Å². The highest BCUT2D eigenvalue weighted by molar-refractivity contribution is 6.00. The largest absolute Gasteiger partial charge is 0.369 e. The van der Waals surface area contributed by atoms with Crippen molar-refractivity contribution in [2.24, 2.45) is 11.7 Å². The number of hydrogen-bond acceptors (Lipinski definition) is 3. The Balaban J connectivity index is 1.78. The fourth-order valence-corrected chi connectivity index (χ4v) is 2.48. The molecule has 1 aliphatic heterocycles. The van der Waals surface area contributed by atoms with Gasteiger partial charge >= 0.3 is 0 Å². The Labute approximate surface area is 109 Å². The highest BCUT2D eigenvalue weighted by Gasteiger charge is 2.35. The zero-order valence-electron chi connectivity index (χ0n) is 10.3. The van der Waals surface area contributed by atoms with E-state index in [4.69, 9.17) is 5.73 Å². The molecule has 98 valence electrons. The summed E-state index contributed by atoms with van der Waals surface area (Å²) in [5.74, 6) is -1.37. The van der Waals surface area contributed by atoms with Crippen LogP contribution in [0.4, 0.5) is 0 Å². The number of nitrogens with one attached hydrogen (secondary N) is 1. The summed E-state index contributed by atoms with van der Waals surface area (Å²) in [5, 5.41) is 1.06. The molecule has 1 unspecified atom stereocenters. The fraction of sp³-hybridized carbons (Fsp3) is 0.308. The molecule has 1 fully saturated rings. The van der Waals surface area contributed by atoms with E-state index in [2.05, 4.69) is 9.97 Å². The predicted octanol–water partition coefficient (Wildman–Crippen LogP) is 0.397. The average molecular weight is 258 g/mol. The lowest BCUT2D eigenvalue weighted by atomic mass is 10.1. The van der Waals surface area contributed by atoms with Crippen LogP contribution in [-0.2, 0) is 16.1 Å². The van der Waals surface area contributed by atoms with E-state index in [0.717, 1.165) is 16.6 Å². The van der Waals surface area contributed by atoms with E-state index in [1.54, 1.807) is 17.3 Å². The third kappa shape index (κ3) is 2.05. The fourth-order valence-electron chi connectivity index (χ4n) is 2.48. The van der Waals surface area contributed by atoms with Crippen LogP contribution in [0, 0.1) is 5.92 Å². The third-order valence-corrected chi connectivity index (χ3v) is 3.48. The van der Waals surface area contributed by atoms with Gasteiger partial charge < -0.3 is 15.6 Å². The van der Waals surface area contributed by atoms with Gasteiger partial charge in [0.1, 0.15) is 5.92 Å². The first-order chi connectivity index (χ1) is 9.15. The van der Waals surface area contributed by atoms with Crippen LogP contribution in [0.1, 0.15) is 12.1 Å². The van der Waals surface area contributed by atoms with Gasteiger partial charge in [0, 0.05) is 23.8 Å². The van der Waals surface area contributed by atoms with Crippen LogP contribution in [0.25, 0.3) is 10.9 Å². The van der Waals surface area contributed by atoms with Crippen molar-refractivity contribution in [2.75, 3.05) is 6.54 Å². The maximum Gasteiger partial charge on any atom is 0.235 e. The SMILES string of the molecule is NC(=O)C1CCN(Cc2cc3ccncc3[nH]2)C1=O. The van der Waals surface area contributed by atoms with Gasteiger partial charge in [-0.05, 0) is 18.6 Å². The van der Waals surface area contributed by atoms with Gasteiger partial charge in [-0.25, -0.2) is 0 Å². The third-order valence-electron chi connectivity index (χ3n) is 3.48. The summed E-state index contributed by atoms with van der Waals surface area (Å²) in [7, 11) is 0. The van der Waals surface area contributed by atoms with E-state index in [1.165, 1.54) is 0 Å². The molecule has 2 aromatic heterocycles. The average Bonchev–Trinajstić information content (AvgIpc) is 2.94. The minimum atomic E-state index is -0.661. The van der Waals surface area contributed by atoms with Crippen molar-refractivity contribution >= 4 is 22.7 Å². The Morgan fingerprint density at radius 3 is 3.11 bits per heavy atom. The van der Waals surface area contributed by atoms with Crippen LogP contribution in [-0.4, -0.2) is 33.2 Å². The lowest BCUT2D eigenvalue weighted by Gasteiger charge is -2.14. The van der Waals surface area contributed by atoms with Crippen LogP contribution in [0.2, 0.25) is 0 Å². The zero-order valence-corrected chi connectivity index (χ0v) is 10.3. The Hall–Kier alpha value is -2.37. The predicted molar refractivity (Wildman–Crippen MR) is 68.8 cm³/mol. The summed E-state index contributed by atoms with van der Waals surface area (Å²) in [6, 6.07) is 3.90. The van der Waals surface area contributed by atoms with E-state index in [-0.39, 0.29) is 5.91 Å². The molecule has 1 aliphatic rings. The first kappa shape index (κ1) is 11.7. The number of nitrogens with zero attached hydrogens (tertiary/aromatic N) is 2. The molecule has 1 atom stereocenters. The molecule has 19 heavy (non-hydrogen) atoms. The molecule has 1 saturated heterocycles. The maximum absolute atomic E-state index is 12.0. The van der Waals surface area contributed by atoms with Gasteiger partial charge in [0.15, 0.2) is 0 Å². The van der Waals surface area contributed by atoms with E-state index in [9.17, 15) is 9.59 Å². The quantitative estimate of drug-likeness (QED) is 0.780. The number of rotatable bonds is 3. The number of nitrogens with two attached hydrogens (primary N) is 1. The second kappa shape index (κ2) is 4.38. The van der Waals surface area contributed by atoms with Gasteiger partial charge in [-0.3, -0.25) is 14.6 Å². The molecule has 0 saturated carbocycles. The van der Waals surface area contributed by atoms with E-state index < -0.39 is 11.8 Å². The topological polar surface area (TPSA) is 92.1 Å². The standard InChI is InChI=1S/C13H14N4O2/c14-12(18)10-2-4-17(13(10)19)7-9-5-8-1-3-15-6-11(8)16-9/h1,3,5-6,10,16H,2,4,7H2,(H2,14,18). The normalized spacial score (nSPS) is 19.3. The second-order valence-corrected chi connectivity index (χ2v) is 4.76. The smallest absolute Gasteiger partial charge is 0.235 e. The van der Waals surface area contributed by atoms with Gasteiger partial charge in [0.05, 0.1) is 18.3 Å². The highest BCUT2D eigenvalue weighted by Crippen LogP contribution is 2.21. The summed E-state index contributed by atoms with van der Waals surface area (Å²) in [6.07, 6.45) is 3.98. The molecule has 3 heterocycles. The Morgan fingerprint density at radius 1 is 1.58 bits per heavy atom. The minimum absolute atomic E-state index is 0.177. The first-order valence-corrected chi connectivity index (χ1v) is 6.15. The molecule has 2 aromatic rings. The molecule has 6 nitrogen and oxygen atoms in total. The first-order valence-electron chi connectivity index (χ1n) is 6.15. The monoisotopic (exact) mass is 258 g/mol. The van der Waals surface area contributed by atoms with Crippen molar-refractivity contribution in [1.82, 2.24) is 14.9 Å². The van der Waals surface area contributed by atoms with Gasteiger partial charge in [-0.15, -0.1) is 0 Å². The molecule has 0 radical (unpaired) electrons. The number of hydrogen-bond donors (Lipinski definition) is 2. The Kier molecular flexibility index (Phi) is 2.70. The number of aromatic amines is 1. The van der Waals surface area contributed by atoms with Gasteiger partial charge in [-0.2, -0.15) is 0 Å². The molecule has 2 amide bonds. The summed E-state index contributed by atoms with van der Waals surface area (Å²) >= 11 is 0. The van der Waals surface area contributed by atoms with Crippen molar-refractivity contribution in [1.29, 1.82) is 0 Å². The number of pyridine rings is 1. The molecule has 0 spiro atoms. The summed E-state index contributed by atoms with van der Waals surface area (Å²) in [5.41, 5.74) is 7.07. The van der Waals surface area contributed by atoms with Gasteiger partial charge in [-0.1, -0.05) is 0 Å². The Bertz CT molecular complexity index is 616.